The predicted molar refractivity (Wildman–Crippen MR) is 102 cm³/mol. The van der Waals surface area contributed by atoms with E-state index in [0.29, 0.717) is 24.5 Å². The van der Waals surface area contributed by atoms with E-state index in [1.54, 1.807) is 21.9 Å². The first-order valence-electron chi connectivity index (χ1n) is 7.18. The normalized spacial score (nSPS) is 16.0. The highest BCUT2D eigenvalue weighted by Crippen LogP contribution is 2.42. The molecule has 1 saturated heterocycles. The summed E-state index contributed by atoms with van der Waals surface area (Å²) >= 11 is 30.4. The van der Waals surface area contributed by atoms with Crippen molar-refractivity contribution in [3.05, 3.63) is 58.1 Å². The summed E-state index contributed by atoms with van der Waals surface area (Å²) in [5.41, 5.74) is 1.22. The van der Waals surface area contributed by atoms with Gasteiger partial charge in [-0.3, -0.25) is 0 Å². The number of hydrogen-bond acceptors (Lipinski definition) is 2. The number of alkyl halides is 3. The number of halogens is 7. The summed E-state index contributed by atoms with van der Waals surface area (Å²) in [7, 11) is 0. The van der Waals surface area contributed by atoms with E-state index < -0.39 is 21.6 Å². The maximum Gasteiger partial charge on any atom is 0.228 e. The van der Waals surface area contributed by atoms with Crippen LogP contribution >= 0.6 is 58.0 Å². The lowest BCUT2D eigenvalue weighted by Crippen LogP contribution is -2.48. The van der Waals surface area contributed by atoms with E-state index in [4.69, 9.17) is 58.0 Å². The molecule has 134 valence electrons. The fraction of sp³-hybridized carbons (Fsp3) is 0.250. The maximum absolute atomic E-state index is 13.5. The molecule has 0 spiro atoms. The van der Waals surface area contributed by atoms with Crippen LogP contribution in [0.2, 0.25) is 10.0 Å². The van der Waals surface area contributed by atoms with Gasteiger partial charge in [-0.05, 0) is 36.4 Å². The van der Waals surface area contributed by atoms with Crippen molar-refractivity contribution in [2.75, 3.05) is 22.9 Å². The summed E-state index contributed by atoms with van der Waals surface area (Å²) in [6.07, 6.45) is -0.708. The molecule has 1 aliphatic heterocycles. The van der Waals surface area contributed by atoms with Gasteiger partial charge in [0.2, 0.25) is 3.79 Å². The molecule has 1 fully saturated rings. The van der Waals surface area contributed by atoms with E-state index in [0.717, 1.165) is 0 Å². The van der Waals surface area contributed by atoms with Crippen LogP contribution in [0.25, 0.3) is 0 Å². The zero-order chi connectivity index (χ0) is 18.4. The predicted octanol–water partition coefficient (Wildman–Crippen LogP) is 6.29. The van der Waals surface area contributed by atoms with Crippen molar-refractivity contribution in [2.24, 2.45) is 0 Å². The van der Waals surface area contributed by atoms with Crippen molar-refractivity contribution in [3.8, 4) is 0 Å². The molecule has 0 unspecified atom stereocenters. The van der Waals surface area contributed by atoms with Gasteiger partial charge in [0.05, 0.1) is 10.0 Å². The molecule has 0 atom stereocenters. The SMILES string of the molecule is Fc1ccc(N2CCN(c3ccc(F)c(Cl)c3)C2C(Cl)(Cl)Cl)cc1Cl. The average Bonchev–Trinajstić information content (AvgIpc) is 2.98. The van der Waals surface area contributed by atoms with E-state index in [2.05, 4.69) is 0 Å². The third kappa shape index (κ3) is 3.88. The van der Waals surface area contributed by atoms with Crippen molar-refractivity contribution in [1.82, 2.24) is 0 Å². The second-order valence-corrected chi connectivity index (χ2v) is 8.68. The Balaban J connectivity index is 2.01. The Hall–Kier alpha value is -0.650. The second-order valence-electron chi connectivity index (χ2n) is 5.50. The molecule has 2 aromatic carbocycles. The maximum atomic E-state index is 13.5. The lowest BCUT2D eigenvalue weighted by Gasteiger charge is -2.37. The van der Waals surface area contributed by atoms with Crippen LogP contribution in [-0.4, -0.2) is 23.0 Å². The zero-order valence-corrected chi connectivity index (χ0v) is 16.3. The quantitative estimate of drug-likeness (QED) is 0.500. The lowest BCUT2D eigenvalue weighted by atomic mass is 10.2. The van der Waals surface area contributed by atoms with E-state index in [1.807, 2.05) is 0 Å². The minimum Gasteiger partial charge on any atom is -0.346 e. The van der Waals surface area contributed by atoms with Crippen molar-refractivity contribution >= 4 is 69.4 Å². The second kappa shape index (κ2) is 7.16. The summed E-state index contributed by atoms with van der Waals surface area (Å²) in [5.74, 6) is -1.06. The molecule has 0 bridgehead atoms. The minimum atomic E-state index is -1.70. The molecule has 0 aromatic heterocycles. The smallest absolute Gasteiger partial charge is 0.228 e. The van der Waals surface area contributed by atoms with Gasteiger partial charge in [-0.2, -0.15) is 0 Å². The molecule has 25 heavy (non-hydrogen) atoms. The molecule has 2 nitrogen and oxygen atoms in total. The Bertz CT molecular complexity index is 737. The molecule has 0 radical (unpaired) electrons. The average molecular weight is 447 g/mol. The van der Waals surface area contributed by atoms with Crippen molar-refractivity contribution in [3.63, 3.8) is 0 Å². The fourth-order valence-electron chi connectivity index (χ4n) is 2.85. The zero-order valence-electron chi connectivity index (χ0n) is 12.5. The molecule has 9 heteroatoms. The Labute approximate surface area is 168 Å². The van der Waals surface area contributed by atoms with E-state index in [-0.39, 0.29) is 10.0 Å². The van der Waals surface area contributed by atoms with Gasteiger partial charge in [-0.1, -0.05) is 58.0 Å². The van der Waals surface area contributed by atoms with Gasteiger partial charge in [0.1, 0.15) is 11.6 Å². The molecule has 0 aliphatic carbocycles. The topological polar surface area (TPSA) is 6.48 Å². The van der Waals surface area contributed by atoms with Crippen LogP contribution in [0.4, 0.5) is 20.2 Å². The highest BCUT2D eigenvalue weighted by atomic mass is 35.6. The molecular formula is C16H11Cl5F2N2. The molecule has 0 N–H and O–H groups in total. The van der Waals surface area contributed by atoms with Crippen LogP contribution in [0.15, 0.2) is 36.4 Å². The van der Waals surface area contributed by atoms with Crippen LogP contribution in [0.3, 0.4) is 0 Å². The molecule has 3 rings (SSSR count). The number of hydrogen-bond donors (Lipinski definition) is 0. The van der Waals surface area contributed by atoms with Gasteiger partial charge in [0, 0.05) is 24.5 Å². The summed E-state index contributed by atoms with van der Waals surface area (Å²) in [6, 6.07) is 8.58. The van der Waals surface area contributed by atoms with Crippen LogP contribution < -0.4 is 9.80 Å². The van der Waals surface area contributed by atoms with E-state index in [1.165, 1.54) is 24.3 Å². The lowest BCUT2D eigenvalue weighted by molar-refractivity contribution is 0.626. The van der Waals surface area contributed by atoms with Crippen molar-refractivity contribution in [1.29, 1.82) is 0 Å². The van der Waals surface area contributed by atoms with Gasteiger partial charge in [0.15, 0.2) is 6.17 Å². The number of nitrogens with zero attached hydrogens (tertiary/aromatic N) is 2. The van der Waals surface area contributed by atoms with Gasteiger partial charge >= 0.3 is 0 Å². The molecule has 0 saturated carbocycles. The number of rotatable bonds is 2. The molecular weight excluding hydrogens is 435 g/mol. The molecule has 1 aliphatic rings. The standard InChI is InChI=1S/C16H11Cl5F2N2/c17-11-7-9(1-3-13(11)22)24-5-6-25(15(24)16(19,20)21)10-2-4-14(23)12(18)8-10/h1-4,7-8,15H,5-6H2. The van der Waals surface area contributed by atoms with Crippen LogP contribution in [0, 0.1) is 11.6 Å². The Morgan fingerprint density at radius 3 is 1.52 bits per heavy atom. The molecule has 0 amide bonds. The van der Waals surface area contributed by atoms with E-state index in [9.17, 15) is 8.78 Å². The minimum absolute atomic E-state index is 0.0242. The summed E-state index contributed by atoms with van der Waals surface area (Å²) in [5, 5.41) is -0.0484. The van der Waals surface area contributed by atoms with Gasteiger partial charge < -0.3 is 9.80 Å². The Kier molecular flexibility index (Phi) is 5.48. The van der Waals surface area contributed by atoms with Crippen molar-refractivity contribution in [2.45, 2.75) is 9.96 Å². The van der Waals surface area contributed by atoms with Crippen LogP contribution in [0.5, 0.6) is 0 Å². The van der Waals surface area contributed by atoms with E-state index >= 15 is 0 Å². The Morgan fingerprint density at radius 2 is 1.20 bits per heavy atom. The fourth-order valence-corrected chi connectivity index (χ4v) is 3.91. The monoisotopic (exact) mass is 444 g/mol. The number of benzene rings is 2. The largest absolute Gasteiger partial charge is 0.346 e. The first-order chi connectivity index (χ1) is 11.7. The molecule has 2 aromatic rings. The first kappa shape index (κ1) is 19.1. The highest BCUT2D eigenvalue weighted by molar-refractivity contribution is 6.68. The van der Waals surface area contributed by atoms with Crippen LogP contribution in [-0.2, 0) is 0 Å². The Morgan fingerprint density at radius 1 is 0.800 bits per heavy atom. The number of anilines is 2. The summed E-state index contributed by atoms with van der Waals surface area (Å²) in [4.78, 5) is 3.60. The van der Waals surface area contributed by atoms with Gasteiger partial charge in [-0.25, -0.2) is 8.78 Å². The van der Waals surface area contributed by atoms with Crippen molar-refractivity contribution < 1.29 is 8.78 Å². The third-order valence-electron chi connectivity index (χ3n) is 3.93. The van der Waals surface area contributed by atoms with Gasteiger partial charge in [0.25, 0.3) is 0 Å². The third-order valence-corrected chi connectivity index (χ3v) is 5.10. The summed E-state index contributed by atoms with van der Waals surface area (Å²) < 4.78 is 25.2. The first-order valence-corrected chi connectivity index (χ1v) is 9.07. The molecule has 1 heterocycles. The van der Waals surface area contributed by atoms with Crippen LogP contribution in [0.1, 0.15) is 0 Å². The van der Waals surface area contributed by atoms with Gasteiger partial charge in [-0.15, -0.1) is 0 Å². The summed E-state index contributed by atoms with van der Waals surface area (Å²) in [6.45, 7) is 0.991. The highest BCUT2D eigenvalue weighted by Gasteiger charge is 2.46.